The predicted octanol–water partition coefficient (Wildman–Crippen LogP) is 3.52. The summed E-state index contributed by atoms with van der Waals surface area (Å²) in [6.07, 6.45) is 0.761. The molecule has 0 N–H and O–H groups in total. The van der Waals surface area contributed by atoms with E-state index in [1.807, 2.05) is 0 Å². The van der Waals surface area contributed by atoms with Gasteiger partial charge in [0.25, 0.3) is 0 Å². The molecule has 2 aromatic carbocycles. The van der Waals surface area contributed by atoms with E-state index in [1.165, 1.54) is 19.2 Å². The maximum atomic E-state index is 11.0. The van der Waals surface area contributed by atoms with Gasteiger partial charge in [-0.05, 0) is 42.8 Å². The van der Waals surface area contributed by atoms with Crippen molar-refractivity contribution in [1.29, 1.82) is 0 Å². The molecule has 0 aromatic heterocycles. The van der Waals surface area contributed by atoms with Crippen LogP contribution in [-0.4, -0.2) is 18.3 Å². The minimum absolute atomic E-state index is 0.167. The number of hydrogen-bond acceptors (Lipinski definition) is 5. The second kappa shape index (κ2) is 6.04. The normalized spacial score (nSPS) is 10.0. The SMILES string of the molecule is COc1ccc(Oc2ccc(C=O)c(C)c2)cc1[N+](=O)[O-]. The fourth-order valence-electron chi connectivity index (χ4n) is 1.86. The second-order valence-electron chi connectivity index (χ2n) is 4.33. The Morgan fingerprint density at radius 3 is 2.38 bits per heavy atom. The van der Waals surface area contributed by atoms with Crippen LogP contribution in [0.4, 0.5) is 5.69 Å². The Balaban J connectivity index is 2.31. The maximum absolute atomic E-state index is 11.0. The number of carbonyl (C=O) groups is 1. The van der Waals surface area contributed by atoms with Crippen LogP contribution in [0.3, 0.4) is 0 Å². The van der Waals surface area contributed by atoms with E-state index in [0.29, 0.717) is 17.1 Å². The lowest BCUT2D eigenvalue weighted by Gasteiger charge is -2.08. The monoisotopic (exact) mass is 287 g/mol. The molecular formula is C15H13NO5. The van der Waals surface area contributed by atoms with Gasteiger partial charge in [-0.15, -0.1) is 0 Å². The highest BCUT2D eigenvalue weighted by Crippen LogP contribution is 2.33. The molecule has 0 bridgehead atoms. The number of hydrogen-bond donors (Lipinski definition) is 0. The third-order valence-corrected chi connectivity index (χ3v) is 2.95. The smallest absolute Gasteiger partial charge is 0.314 e. The minimum atomic E-state index is -0.535. The summed E-state index contributed by atoms with van der Waals surface area (Å²) in [4.78, 5) is 21.2. The van der Waals surface area contributed by atoms with E-state index >= 15 is 0 Å². The summed E-state index contributed by atoms with van der Waals surface area (Å²) in [5.74, 6) is 0.984. The maximum Gasteiger partial charge on any atom is 0.314 e. The van der Waals surface area contributed by atoms with Crippen LogP contribution in [0, 0.1) is 17.0 Å². The number of rotatable bonds is 5. The van der Waals surface area contributed by atoms with Crippen LogP contribution < -0.4 is 9.47 Å². The fraction of sp³-hybridized carbons (Fsp3) is 0.133. The van der Waals surface area contributed by atoms with Gasteiger partial charge >= 0.3 is 5.69 Å². The summed E-state index contributed by atoms with van der Waals surface area (Å²) in [5, 5.41) is 11.0. The molecule has 0 aliphatic rings. The van der Waals surface area contributed by atoms with E-state index < -0.39 is 4.92 Å². The van der Waals surface area contributed by atoms with Crippen molar-refractivity contribution in [2.75, 3.05) is 7.11 Å². The Labute approximate surface area is 121 Å². The topological polar surface area (TPSA) is 78.7 Å². The number of carbonyl (C=O) groups excluding carboxylic acids is 1. The van der Waals surface area contributed by atoms with Crippen LogP contribution in [0.5, 0.6) is 17.2 Å². The summed E-state index contributed by atoms with van der Waals surface area (Å²) in [5.41, 5.74) is 1.17. The van der Waals surface area contributed by atoms with Gasteiger partial charge in [0.05, 0.1) is 18.1 Å². The van der Waals surface area contributed by atoms with Crippen molar-refractivity contribution in [3.63, 3.8) is 0 Å². The van der Waals surface area contributed by atoms with Gasteiger partial charge in [-0.2, -0.15) is 0 Å². The van der Waals surface area contributed by atoms with E-state index in [4.69, 9.17) is 9.47 Å². The Morgan fingerprint density at radius 1 is 1.14 bits per heavy atom. The molecule has 2 rings (SSSR count). The summed E-state index contributed by atoms with van der Waals surface area (Å²) >= 11 is 0. The molecule has 21 heavy (non-hydrogen) atoms. The van der Waals surface area contributed by atoms with E-state index in [1.54, 1.807) is 31.2 Å². The average Bonchev–Trinajstić information content (AvgIpc) is 2.47. The Bertz CT molecular complexity index is 696. The highest BCUT2D eigenvalue weighted by Gasteiger charge is 2.16. The van der Waals surface area contributed by atoms with Crippen LogP contribution in [0.25, 0.3) is 0 Å². The summed E-state index contributed by atoms with van der Waals surface area (Å²) < 4.78 is 10.5. The molecule has 0 saturated heterocycles. The van der Waals surface area contributed by atoms with Crippen LogP contribution in [0.15, 0.2) is 36.4 Å². The molecule has 0 aliphatic carbocycles. The third kappa shape index (κ3) is 3.17. The zero-order valence-corrected chi connectivity index (χ0v) is 11.5. The molecular weight excluding hydrogens is 274 g/mol. The number of nitro benzene ring substituents is 1. The largest absolute Gasteiger partial charge is 0.490 e. The molecule has 2 aromatic rings. The van der Waals surface area contributed by atoms with Gasteiger partial charge in [0.15, 0.2) is 5.75 Å². The molecule has 0 fully saturated rings. The lowest BCUT2D eigenvalue weighted by Crippen LogP contribution is -1.95. The van der Waals surface area contributed by atoms with Crippen molar-refractivity contribution >= 4 is 12.0 Å². The van der Waals surface area contributed by atoms with E-state index in [9.17, 15) is 14.9 Å². The van der Waals surface area contributed by atoms with Crippen molar-refractivity contribution in [3.05, 3.63) is 57.6 Å². The van der Waals surface area contributed by atoms with E-state index in [2.05, 4.69) is 0 Å². The van der Waals surface area contributed by atoms with Gasteiger partial charge in [0, 0.05) is 5.56 Å². The van der Waals surface area contributed by atoms with Crippen molar-refractivity contribution in [2.24, 2.45) is 0 Å². The summed E-state index contributed by atoms with van der Waals surface area (Å²) in [6.45, 7) is 1.78. The predicted molar refractivity (Wildman–Crippen MR) is 76.3 cm³/mol. The van der Waals surface area contributed by atoms with Gasteiger partial charge in [-0.3, -0.25) is 14.9 Å². The lowest BCUT2D eigenvalue weighted by atomic mass is 10.1. The molecule has 0 atom stereocenters. The van der Waals surface area contributed by atoms with Crippen LogP contribution in [0.1, 0.15) is 15.9 Å². The summed E-state index contributed by atoms with van der Waals surface area (Å²) in [6, 6.07) is 9.30. The molecule has 108 valence electrons. The zero-order chi connectivity index (χ0) is 15.4. The Morgan fingerprint density at radius 2 is 1.81 bits per heavy atom. The fourth-order valence-corrected chi connectivity index (χ4v) is 1.86. The molecule has 0 spiro atoms. The second-order valence-corrected chi connectivity index (χ2v) is 4.33. The average molecular weight is 287 g/mol. The number of aldehydes is 1. The standard InChI is InChI=1S/C15H13NO5/c1-10-7-12(4-3-11(10)9-17)21-13-5-6-15(20-2)14(8-13)16(18)19/h3-9H,1-2H3. The Hall–Kier alpha value is -2.89. The first-order valence-corrected chi connectivity index (χ1v) is 6.11. The van der Waals surface area contributed by atoms with Gasteiger partial charge in [-0.1, -0.05) is 0 Å². The number of nitro groups is 1. The van der Waals surface area contributed by atoms with Crippen LogP contribution >= 0.6 is 0 Å². The number of aryl methyl sites for hydroxylation is 1. The first-order valence-electron chi connectivity index (χ1n) is 6.11. The molecule has 0 radical (unpaired) electrons. The number of ether oxygens (including phenoxy) is 2. The van der Waals surface area contributed by atoms with Crippen molar-refractivity contribution in [3.8, 4) is 17.2 Å². The number of methoxy groups -OCH3 is 1. The Kier molecular flexibility index (Phi) is 4.18. The van der Waals surface area contributed by atoms with Crippen molar-refractivity contribution < 1.29 is 19.2 Å². The molecule has 6 nitrogen and oxygen atoms in total. The summed E-state index contributed by atoms with van der Waals surface area (Å²) in [7, 11) is 1.37. The zero-order valence-electron chi connectivity index (χ0n) is 11.5. The van der Waals surface area contributed by atoms with Crippen molar-refractivity contribution in [2.45, 2.75) is 6.92 Å². The molecule has 0 amide bonds. The van der Waals surface area contributed by atoms with Gasteiger partial charge < -0.3 is 9.47 Å². The lowest BCUT2D eigenvalue weighted by molar-refractivity contribution is -0.385. The van der Waals surface area contributed by atoms with Gasteiger partial charge in [0.2, 0.25) is 0 Å². The number of benzene rings is 2. The quantitative estimate of drug-likeness (QED) is 0.477. The van der Waals surface area contributed by atoms with E-state index in [-0.39, 0.29) is 11.4 Å². The molecule has 0 heterocycles. The van der Waals surface area contributed by atoms with Crippen LogP contribution in [-0.2, 0) is 0 Å². The van der Waals surface area contributed by atoms with Crippen LogP contribution in [0.2, 0.25) is 0 Å². The number of nitrogens with zero attached hydrogens (tertiary/aromatic N) is 1. The molecule has 0 unspecified atom stereocenters. The molecule has 0 aliphatic heterocycles. The van der Waals surface area contributed by atoms with E-state index in [0.717, 1.165) is 11.8 Å². The minimum Gasteiger partial charge on any atom is -0.490 e. The van der Waals surface area contributed by atoms with Gasteiger partial charge in [-0.25, -0.2) is 0 Å². The van der Waals surface area contributed by atoms with Gasteiger partial charge in [0.1, 0.15) is 17.8 Å². The molecule has 0 saturated carbocycles. The molecule has 6 heteroatoms. The highest BCUT2D eigenvalue weighted by atomic mass is 16.6. The third-order valence-electron chi connectivity index (χ3n) is 2.95. The highest BCUT2D eigenvalue weighted by molar-refractivity contribution is 5.77. The van der Waals surface area contributed by atoms with Crippen molar-refractivity contribution in [1.82, 2.24) is 0 Å². The first-order chi connectivity index (χ1) is 10.0. The first kappa shape index (κ1) is 14.5.